The molecule has 2 aromatic heterocycles. The number of hydrogen-bond donors (Lipinski definition) is 4. The van der Waals surface area contributed by atoms with Crippen LogP contribution in [0.15, 0.2) is 48.0 Å². The van der Waals surface area contributed by atoms with E-state index in [0.29, 0.717) is 36.4 Å². The van der Waals surface area contributed by atoms with Gasteiger partial charge < -0.3 is 30.3 Å². The first kappa shape index (κ1) is 20.9. The van der Waals surface area contributed by atoms with Gasteiger partial charge in [-0.2, -0.15) is 0 Å². The van der Waals surface area contributed by atoms with Crippen molar-refractivity contribution in [3.63, 3.8) is 0 Å². The van der Waals surface area contributed by atoms with Crippen molar-refractivity contribution in [2.75, 3.05) is 25.1 Å². The van der Waals surface area contributed by atoms with Gasteiger partial charge in [0.1, 0.15) is 17.7 Å². The summed E-state index contributed by atoms with van der Waals surface area (Å²) in [4.78, 5) is 40.8. The zero-order valence-electron chi connectivity index (χ0n) is 17.5. The third-order valence-corrected chi connectivity index (χ3v) is 5.80. The minimum atomic E-state index is -1.02. The predicted octanol–water partition coefficient (Wildman–Crippen LogP) is 1.72. The number of carbonyl (C=O) groups is 2. The van der Waals surface area contributed by atoms with E-state index in [0.717, 1.165) is 11.4 Å². The van der Waals surface area contributed by atoms with Crippen molar-refractivity contribution in [1.29, 1.82) is 0 Å². The molecule has 3 atom stereocenters. The zero-order valence-corrected chi connectivity index (χ0v) is 17.5. The number of benzene rings is 1. The molecule has 3 aromatic rings. The molecule has 5 rings (SSSR count). The summed E-state index contributed by atoms with van der Waals surface area (Å²) in [5.41, 5.74) is 3.14. The Morgan fingerprint density at radius 2 is 2.03 bits per heavy atom. The Kier molecular flexibility index (Phi) is 5.61. The quantitative estimate of drug-likeness (QED) is 0.405. The van der Waals surface area contributed by atoms with Crippen LogP contribution in [0.2, 0.25) is 0 Å². The zero-order chi connectivity index (χ0) is 22.8. The van der Waals surface area contributed by atoms with Gasteiger partial charge >= 0.3 is 5.97 Å². The van der Waals surface area contributed by atoms with Crippen LogP contribution in [0.5, 0.6) is 0 Å². The van der Waals surface area contributed by atoms with Gasteiger partial charge in [0, 0.05) is 11.9 Å². The fourth-order valence-electron chi connectivity index (χ4n) is 4.05. The van der Waals surface area contributed by atoms with Gasteiger partial charge in [0.2, 0.25) is 0 Å². The third kappa shape index (κ3) is 4.35. The number of carboxylic acid groups (broad SMARTS) is 1. The molecule has 2 aliphatic heterocycles. The van der Waals surface area contributed by atoms with Crippen molar-refractivity contribution in [3.8, 4) is 0 Å². The van der Waals surface area contributed by atoms with E-state index in [1.807, 2.05) is 12.1 Å². The van der Waals surface area contributed by atoms with Crippen LogP contribution in [0.1, 0.15) is 28.5 Å². The van der Waals surface area contributed by atoms with Crippen molar-refractivity contribution in [2.45, 2.75) is 18.6 Å². The van der Waals surface area contributed by atoms with Crippen LogP contribution in [0.25, 0.3) is 11.0 Å². The maximum absolute atomic E-state index is 12.9. The number of ether oxygens (including phenoxy) is 1. The first-order valence-corrected chi connectivity index (χ1v) is 10.5. The fraction of sp³-hybridized carbons (Fsp3) is 0.318. The largest absolute Gasteiger partial charge is 0.481 e. The molecule has 0 spiro atoms. The lowest BCUT2D eigenvalue weighted by Crippen LogP contribution is -2.31. The van der Waals surface area contributed by atoms with Crippen LogP contribution < -0.4 is 10.6 Å². The highest BCUT2D eigenvalue weighted by atomic mass is 16.7. The Morgan fingerprint density at radius 3 is 2.85 bits per heavy atom. The van der Waals surface area contributed by atoms with E-state index in [1.165, 1.54) is 6.33 Å². The number of nitrogens with one attached hydrogen (secondary N) is 3. The van der Waals surface area contributed by atoms with Crippen molar-refractivity contribution in [3.05, 3.63) is 54.1 Å². The van der Waals surface area contributed by atoms with Crippen molar-refractivity contribution < 1.29 is 24.3 Å². The van der Waals surface area contributed by atoms with Gasteiger partial charge in [-0.1, -0.05) is 17.3 Å². The molecule has 1 fully saturated rings. The SMILES string of the molecule is O=C(O)C[C@@H](NC(=O)c1ncnc2[nH]ccc12)c1ccc(NCC2=NO[C@@H]3COC[C@H]23)cc1. The predicted molar refractivity (Wildman–Crippen MR) is 118 cm³/mol. The Balaban J connectivity index is 1.27. The van der Waals surface area contributed by atoms with Crippen LogP contribution in [0, 0.1) is 5.92 Å². The highest BCUT2D eigenvalue weighted by Gasteiger charge is 2.38. The van der Waals surface area contributed by atoms with Gasteiger partial charge in [-0.3, -0.25) is 9.59 Å². The lowest BCUT2D eigenvalue weighted by Gasteiger charge is -2.18. The van der Waals surface area contributed by atoms with Crippen LogP contribution in [0.4, 0.5) is 5.69 Å². The maximum atomic E-state index is 12.9. The summed E-state index contributed by atoms with van der Waals surface area (Å²) in [7, 11) is 0. The fourth-order valence-corrected chi connectivity index (χ4v) is 4.05. The number of aromatic amines is 1. The molecule has 0 radical (unpaired) electrons. The minimum Gasteiger partial charge on any atom is -0.481 e. The monoisotopic (exact) mass is 450 g/mol. The number of aliphatic carboxylic acids is 1. The summed E-state index contributed by atoms with van der Waals surface area (Å²) in [6.45, 7) is 1.70. The highest BCUT2D eigenvalue weighted by Crippen LogP contribution is 2.26. The molecule has 0 saturated carbocycles. The summed E-state index contributed by atoms with van der Waals surface area (Å²) in [6, 6.07) is 8.23. The van der Waals surface area contributed by atoms with E-state index in [2.05, 4.69) is 30.7 Å². The lowest BCUT2D eigenvalue weighted by molar-refractivity contribution is -0.137. The second-order valence-electron chi connectivity index (χ2n) is 7.93. The van der Waals surface area contributed by atoms with E-state index in [-0.39, 0.29) is 24.1 Å². The average Bonchev–Trinajstić information content (AvgIpc) is 3.54. The Labute approximate surface area is 188 Å². The average molecular weight is 450 g/mol. The van der Waals surface area contributed by atoms with Gasteiger partial charge in [-0.15, -0.1) is 0 Å². The molecular formula is C22H22N6O5. The second kappa shape index (κ2) is 8.87. The van der Waals surface area contributed by atoms with E-state index in [9.17, 15) is 14.7 Å². The Morgan fingerprint density at radius 1 is 1.18 bits per heavy atom. The summed E-state index contributed by atoms with van der Waals surface area (Å²) in [6.07, 6.45) is 2.70. The molecule has 4 N–H and O–H groups in total. The van der Waals surface area contributed by atoms with Crippen molar-refractivity contribution in [2.24, 2.45) is 11.1 Å². The third-order valence-electron chi connectivity index (χ3n) is 5.80. The number of carboxylic acids is 1. The number of H-pyrrole nitrogens is 1. The van der Waals surface area contributed by atoms with Gasteiger partial charge in [-0.25, -0.2) is 9.97 Å². The van der Waals surface area contributed by atoms with E-state index >= 15 is 0 Å². The number of carbonyl (C=O) groups excluding carboxylic acids is 1. The summed E-state index contributed by atoms with van der Waals surface area (Å²) in [5.74, 6) is -1.31. The summed E-state index contributed by atoms with van der Waals surface area (Å²) < 4.78 is 5.42. The first-order valence-electron chi connectivity index (χ1n) is 10.5. The molecule has 1 aromatic carbocycles. The van der Waals surface area contributed by atoms with E-state index < -0.39 is 17.9 Å². The molecule has 0 bridgehead atoms. The molecule has 33 heavy (non-hydrogen) atoms. The normalized spacial score (nSPS) is 20.1. The number of oxime groups is 1. The molecule has 1 saturated heterocycles. The lowest BCUT2D eigenvalue weighted by atomic mass is 10.0. The van der Waals surface area contributed by atoms with E-state index in [4.69, 9.17) is 9.57 Å². The topological polar surface area (TPSA) is 151 Å². The number of hydrogen-bond acceptors (Lipinski definition) is 8. The van der Waals surface area contributed by atoms with E-state index in [1.54, 1.807) is 24.4 Å². The summed E-state index contributed by atoms with van der Waals surface area (Å²) >= 11 is 0. The van der Waals surface area contributed by atoms with Crippen LogP contribution >= 0.6 is 0 Å². The molecular weight excluding hydrogens is 428 g/mol. The molecule has 4 heterocycles. The molecule has 11 nitrogen and oxygen atoms in total. The number of aromatic nitrogens is 3. The summed E-state index contributed by atoms with van der Waals surface area (Å²) in [5, 5.41) is 20.2. The molecule has 170 valence electrons. The number of amides is 1. The number of rotatable bonds is 8. The smallest absolute Gasteiger partial charge is 0.305 e. The highest BCUT2D eigenvalue weighted by molar-refractivity contribution is 6.03. The van der Waals surface area contributed by atoms with Crippen molar-refractivity contribution in [1.82, 2.24) is 20.3 Å². The molecule has 0 unspecified atom stereocenters. The van der Waals surface area contributed by atoms with Crippen LogP contribution in [0.3, 0.4) is 0 Å². The maximum Gasteiger partial charge on any atom is 0.305 e. The van der Waals surface area contributed by atoms with Crippen molar-refractivity contribution >= 4 is 34.3 Å². The first-order chi connectivity index (χ1) is 16.1. The van der Waals surface area contributed by atoms with Crippen LogP contribution in [-0.4, -0.2) is 63.5 Å². The molecule has 2 aliphatic rings. The molecule has 1 amide bonds. The number of anilines is 1. The Hall–Kier alpha value is -3.99. The Bertz CT molecular complexity index is 1210. The second-order valence-corrected chi connectivity index (χ2v) is 7.93. The molecule has 0 aliphatic carbocycles. The molecule has 11 heteroatoms. The van der Waals surface area contributed by atoms with Crippen LogP contribution in [-0.2, 0) is 14.4 Å². The van der Waals surface area contributed by atoms with Gasteiger partial charge in [0.15, 0.2) is 6.10 Å². The van der Waals surface area contributed by atoms with Gasteiger partial charge in [-0.05, 0) is 23.8 Å². The van der Waals surface area contributed by atoms with Gasteiger partial charge in [0.05, 0.1) is 49.2 Å². The number of nitrogens with zero attached hydrogens (tertiary/aromatic N) is 3. The number of fused-ring (bicyclic) bond motifs is 2. The van der Waals surface area contributed by atoms with Gasteiger partial charge in [0.25, 0.3) is 5.91 Å². The standard InChI is InChI=1S/C22H22N6O5/c29-19(30)7-16(27-22(31)20-14-5-6-23-21(14)26-11-25-20)12-1-3-13(4-2-12)24-8-17-15-9-32-10-18(15)33-28-17/h1-6,11,15-16,18,24H,7-10H2,(H,27,31)(H,29,30)(H,23,25,26)/t15-,16-,18-/m1/s1. The minimum absolute atomic E-state index is 0.00644.